The summed E-state index contributed by atoms with van der Waals surface area (Å²) in [5.41, 5.74) is 2.70. The number of rotatable bonds is 5. The second-order valence-electron chi connectivity index (χ2n) is 5.24. The third-order valence-electron chi connectivity index (χ3n) is 3.25. The third kappa shape index (κ3) is 4.34. The number of benzene rings is 1. The van der Waals surface area contributed by atoms with Crippen LogP contribution in [0.4, 0.5) is 5.69 Å². The van der Waals surface area contributed by atoms with Crippen molar-refractivity contribution in [2.45, 2.75) is 32.6 Å². The molecule has 0 fully saturated rings. The number of aryl methyl sites for hydroxylation is 2. The summed E-state index contributed by atoms with van der Waals surface area (Å²) in [4.78, 5) is 0. The van der Waals surface area contributed by atoms with Crippen LogP contribution in [0.2, 0.25) is 0 Å². The summed E-state index contributed by atoms with van der Waals surface area (Å²) in [6.45, 7) is 5.91. The van der Waals surface area contributed by atoms with Gasteiger partial charge in [-0.25, -0.2) is 13.6 Å². The van der Waals surface area contributed by atoms with E-state index >= 15 is 0 Å². The lowest BCUT2D eigenvalue weighted by atomic mass is 10.1. The summed E-state index contributed by atoms with van der Waals surface area (Å²) < 4.78 is 27.6. The lowest BCUT2D eigenvalue weighted by molar-refractivity contribution is 0.500. The van der Waals surface area contributed by atoms with Crippen LogP contribution in [-0.2, 0) is 15.8 Å². The number of anilines is 1. The summed E-state index contributed by atoms with van der Waals surface area (Å²) in [7, 11) is -3.49. The maximum absolute atomic E-state index is 11.0. The van der Waals surface area contributed by atoms with E-state index in [1.165, 1.54) is 0 Å². The van der Waals surface area contributed by atoms with Crippen molar-refractivity contribution >= 4 is 15.7 Å². The monoisotopic (exact) mass is 308 g/mol. The van der Waals surface area contributed by atoms with Gasteiger partial charge in [-0.15, -0.1) is 0 Å². The standard InChI is InChI=1S/C15H20N2O3S/c1-10-8-15(12(3)20-10)11(2)17-14-6-4-13(5-7-14)9-21(16,18)19/h4-8,11,17H,9H2,1-3H3,(H2,16,18,19). The molecular formula is C15H20N2O3S. The van der Waals surface area contributed by atoms with Gasteiger partial charge in [0, 0.05) is 11.3 Å². The quantitative estimate of drug-likeness (QED) is 0.889. The number of hydrogen-bond acceptors (Lipinski definition) is 4. The largest absolute Gasteiger partial charge is 0.466 e. The normalized spacial score (nSPS) is 13.1. The van der Waals surface area contributed by atoms with Crippen LogP contribution >= 0.6 is 0 Å². The molecule has 5 nitrogen and oxygen atoms in total. The minimum atomic E-state index is -3.49. The maximum Gasteiger partial charge on any atom is 0.213 e. The molecule has 0 aliphatic heterocycles. The highest BCUT2D eigenvalue weighted by Crippen LogP contribution is 2.25. The van der Waals surface area contributed by atoms with Gasteiger partial charge in [-0.05, 0) is 44.5 Å². The van der Waals surface area contributed by atoms with Crippen molar-refractivity contribution in [1.82, 2.24) is 0 Å². The lowest BCUT2D eigenvalue weighted by Gasteiger charge is -2.15. The molecule has 1 unspecified atom stereocenters. The van der Waals surface area contributed by atoms with Crippen molar-refractivity contribution in [2.24, 2.45) is 5.14 Å². The molecule has 1 atom stereocenters. The van der Waals surface area contributed by atoms with E-state index in [4.69, 9.17) is 9.56 Å². The Kier molecular flexibility index (Phi) is 4.39. The highest BCUT2D eigenvalue weighted by Gasteiger charge is 2.12. The van der Waals surface area contributed by atoms with Crippen LogP contribution in [0.15, 0.2) is 34.7 Å². The van der Waals surface area contributed by atoms with E-state index < -0.39 is 10.0 Å². The molecule has 0 amide bonds. The second kappa shape index (κ2) is 5.91. The molecule has 2 aromatic rings. The molecule has 0 spiro atoms. The summed E-state index contributed by atoms with van der Waals surface area (Å²) >= 11 is 0. The van der Waals surface area contributed by atoms with Crippen LogP contribution in [0.3, 0.4) is 0 Å². The molecule has 0 aliphatic rings. The molecule has 0 saturated heterocycles. The van der Waals surface area contributed by atoms with E-state index in [9.17, 15) is 8.42 Å². The number of sulfonamides is 1. The topological polar surface area (TPSA) is 85.3 Å². The van der Waals surface area contributed by atoms with Gasteiger partial charge in [0.1, 0.15) is 11.5 Å². The Bertz CT molecular complexity index is 718. The van der Waals surface area contributed by atoms with Gasteiger partial charge in [0.25, 0.3) is 0 Å². The zero-order valence-electron chi connectivity index (χ0n) is 12.4. The van der Waals surface area contributed by atoms with E-state index in [0.29, 0.717) is 5.56 Å². The molecule has 2 rings (SSSR count). The first-order valence-electron chi connectivity index (χ1n) is 6.67. The number of nitrogens with two attached hydrogens (primary N) is 1. The number of nitrogens with one attached hydrogen (secondary N) is 1. The molecule has 6 heteroatoms. The summed E-state index contributed by atoms with van der Waals surface area (Å²) in [5, 5.41) is 8.39. The number of hydrogen-bond donors (Lipinski definition) is 2. The Hall–Kier alpha value is -1.79. The molecule has 0 saturated carbocycles. The van der Waals surface area contributed by atoms with Crippen molar-refractivity contribution in [3.05, 3.63) is 53.0 Å². The first-order chi connectivity index (χ1) is 9.74. The number of primary sulfonamides is 1. The molecule has 3 N–H and O–H groups in total. The minimum absolute atomic E-state index is 0.103. The molecule has 1 aromatic carbocycles. The van der Waals surface area contributed by atoms with E-state index in [1.807, 2.05) is 32.0 Å². The Balaban J connectivity index is 2.08. The van der Waals surface area contributed by atoms with Crippen LogP contribution in [-0.4, -0.2) is 8.42 Å². The molecule has 1 aromatic heterocycles. The Morgan fingerprint density at radius 1 is 1.24 bits per heavy atom. The Morgan fingerprint density at radius 2 is 1.86 bits per heavy atom. The second-order valence-corrected chi connectivity index (χ2v) is 6.85. The fraction of sp³-hybridized carbons (Fsp3) is 0.333. The van der Waals surface area contributed by atoms with E-state index in [-0.39, 0.29) is 11.8 Å². The summed E-state index contributed by atoms with van der Waals surface area (Å²) in [5.74, 6) is 1.64. The fourth-order valence-corrected chi connectivity index (χ4v) is 2.99. The highest BCUT2D eigenvalue weighted by molar-refractivity contribution is 7.88. The van der Waals surface area contributed by atoms with Crippen molar-refractivity contribution in [3.8, 4) is 0 Å². The smallest absolute Gasteiger partial charge is 0.213 e. The third-order valence-corrected chi connectivity index (χ3v) is 3.99. The molecule has 1 heterocycles. The van der Waals surface area contributed by atoms with Gasteiger partial charge in [-0.1, -0.05) is 12.1 Å². The van der Waals surface area contributed by atoms with Gasteiger partial charge in [-0.3, -0.25) is 0 Å². The summed E-state index contributed by atoms with van der Waals surface area (Å²) in [6, 6.07) is 9.33. The van der Waals surface area contributed by atoms with Gasteiger partial charge in [0.15, 0.2) is 0 Å². The van der Waals surface area contributed by atoms with Crippen LogP contribution in [0.5, 0.6) is 0 Å². The van der Waals surface area contributed by atoms with Gasteiger partial charge < -0.3 is 9.73 Å². The molecular weight excluding hydrogens is 288 g/mol. The van der Waals surface area contributed by atoms with E-state index in [1.54, 1.807) is 12.1 Å². The van der Waals surface area contributed by atoms with Gasteiger partial charge in [-0.2, -0.15) is 0 Å². The molecule has 21 heavy (non-hydrogen) atoms. The number of furan rings is 1. The van der Waals surface area contributed by atoms with Gasteiger partial charge in [0.2, 0.25) is 10.0 Å². The molecule has 0 bridgehead atoms. The lowest BCUT2D eigenvalue weighted by Crippen LogP contribution is -2.14. The predicted molar refractivity (Wildman–Crippen MR) is 83.5 cm³/mol. The van der Waals surface area contributed by atoms with Gasteiger partial charge in [0.05, 0.1) is 11.8 Å². The van der Waals surface area contributed by atoms with Crippen LogP contribution in [0.25, 0.3) is 0 Å². The van der Waals surface area contributed by atoms with Crippen LogP contribution in [0.1, 0.15) is 35.6 Å². The van der Waals surface area contributed by atoms with E-state index in [0.717, 1.165) is 22.8 Å². The van der Waals surface area contributed by atoms with Crippen molar-refractivity contribution in [3.63, 3.8) is 0 Å². The average molecular weight is 308 g/mol. The zero-order valence-corrected chi connectivity index (χ0v) is 13.2. The van der Waals surface area contributed by atoms with Crippen molar-refractivity contribution in [2.75, 3.05) is 5.32 Å². The van der Waals surface area contributed by atoms with Crippen molar-refractivity contribution in [1.29, 1.82) is 0 Å². The molecule has 0 aliphatic carbocycles. The van der Waals surface area contributed by atoms with Crippen molar-refractivity contribution < 1.29 is 12.8 Å². The fourth-order valence-electron chi connectivity index (χ4n) is 2.34. The van der Waals surface area contributed by atoms with Gasteiger partial charge >= 0.3 is 0 Å². The van der Waals surface area contributed by atoms with E-state index in [2.05, 4.69) is 12.2 Å². The summed E-state index contributed by atoms with van der Waals surface area (Å²) in [6.07, 6.45) is 0. The van der Waals surface area contributed by atoms with Crippen LogP contribution < -0.4 is 10.5 Å². The highest BCUT2D eigenvalue weighted by atomic mass is 32.2. The first kappa shape index (κ1) is 15.6. The van der Waals surface area contributed by atoms with Crippen LogP contribution in [0, 0.1) is 13.8 Å². The predicted octanol–water partition coefficient (Wildman–Crippen LogP) is 2.86. The Labute approximate surface area is 125 Å². The SMILES string of the molecule is Cc1cc(C(C)Nc2ccc(CS(N)(=O)=O)cc2)c(C)o1. The Morgan fingerprint density at radius 3 is 2.33 bits per heavy atom. The molecule has 114 valence electrons. The molecule has 0 radical (unpaired) electrons. The maximum atomic E-state index is 11.0. The average Bonchev–Trinajstić information content (AvgIpc) is 2.69. The zero-order chi connectivity index (χ0) is 15.6. The first-order valence-corrected chi connectivity index (χ1v) is 8.39. The minimum Gasteiger partial charge on any atom is -0.466 e.